The molecule has 0 amide bonds. The van der Waals surface area contributed by atoms with Crippen LogP contribution in [0.15, 0.2) is 12.3 Å². The van der Waals surface area contributed by atoms with Gasteiger partial charge in [0.25, 0.3) is 0 Å². The molecule has 1 aromatic heterocycles. The van der Waals surface area contributed by atoms with Gasteiger partial charge in [-0.2, -0.15) is 0 Å². The van der Waals surface area contributed by atoms with Gasteiger partial charge in [-0.3, -0.25) is 5.84 Å². The normalized spacial score (nSPS) is 9.64. The maximum atomic E-state index is 5.49. The van der Waals surface area contributed by atoms with E-state index in [2.05, 4.69) is 19.6 Å². The number of nitrogens with two attached hydrogens (primary N) is 2. The van der Waals surface area contributed by atoms with Gasteiger partial charge in [0.05, 0.1) is 5.69 Å². The molecule has 0 saturated carbocycles. The van der Waals surface area contributed by atoms with E-state index in [1.807, 2.05) is 6.07 Å². The Hall–Kier alpha value is -0.860. The minimum Gasteiger partial charge on any atom is -0.382 e. The Morgan fingerprint density at radius 1 is 1.64 bits per heavy atom. The third kappa shape index (κ3) is 1.79. The zero-order valence-electron chi connectivity index (χ0n) is 6.04. The van der Waals surface area contributed by atoms with E-state index in [-0.39, 0.29) is 0 Å². The van der Waals surface area contributed by atoms with Gasteiger partial charge < -0.3 is 11.2 Å². The number of hydrazine groups is 1. The van der Waals surface area contributed by atoms with Crippen molar-refractivity contribution in [3.8, 4) is 0 Å². The zero-order valence-corrected chi connectivity index (χ0v) is 7.20. The number of nitrogen functional groups attached to an aromatic ring is 2. The lowest BCUT2D eigenvalue weighted by atomic mass is 10.3. The monoisotopic (exact) mass is 170 g/mol. The third-order valence-electron chi connectivity index (χ3n) is 1.37. The summed E-state index contributed by atoms with van der Waals surface area (Å²) in [6.07, 6.45) is 2.57. The molecule has 0 saturated heterocycles. The Morgan fingerprint density at radius 2 is 2.36 bits per heavy atom. The molecule has 4 nitrogen and oxygen atoms in total. The quantitative estimate of drug-likeness (QED) is 0.339. The number of aromatic nitrogens is 1. The van der Waals surface area contributed by atoms with Crippen LogP contribution >= 0.6 is 9.24 Å². The van der Waals surface area contributed by atoms with Crippen molar-refractivity contribution in [2.45, 2.75) is 6.16 Å². The van der Waals surface area contributed by atoms with Crippen LogP contribution in [-0.2, 0) is 6.16 Å². The number of hydrogen-bond donors (Lipinski definition) is 3. The van der Waals surface area contributed by atoms with Gasteiger partial charge in [-0.15, -0.1) is 9.24 Å². The summed E-state index contributed by atoms with van der Waals surface area (Å²) in [4.78, 5) is 3.94. The van der Waals surface area contributed by atoms with Gasteiger partial charge in [-0.05, 0) is 17.8 Å². The summed E-state index contributed by atoms with van der Waals surface area (Å²) in [6, 6.07) is 1.87. The third-order valence-corrected chi connectivity index (χ3v) is 1.84. The highest BCUT2D eigenvalue weighted by atomic mass is 31.0. The first-order valence-electron chi connectivity index (χ1n) is 3.19. The smallest absolute Gasteiger partial charge is 0.148 e. The number of anilines is 2. The fourth-order valence-electron chi connectivity index (χ4n) is 0.746. The average molecular weight is 170 g/mol. The van der Waals surface area contributed by atoms with Gasteiger partial charge in [0.15, 0.2) is 0 Å². The van der Waals surface area contributed by atoms with Crippen LogP contribution < -0.4 is 17.0 Å². The van der Waals surface area contributed by atoms with Gasteiger partial charge in [-0.1, -0.05) is 0 Å². The molecule has 1 rings (SSSR count). The minimum absolute atomic E-state index is 0.426. The maximum Gasteiger partial charge on any atom is 0.148 e. The SMILES string of the molecule is NNc1cc(CP)cnc1N. The van der Waals surface area contributed by atoms with Crippen LogP contribution in [0.3, 0.4) is 0 Å². The molecule has 1 aromatic rings. The van der Waals surface area contributed by atoms with Crippen molar-refractivity contribution in [2.75, 3.05) is 11.2 Å². The second kappa shape index (κ2) is 3.51. The molecule has 5 N–H and O–H groups in total. The van der Waals surface area contributed by atoms with Gasteiger partial charge >= 0.3 is 0 Å². The molecule has 1 unspecified atom stereocenters. The van der Waals surface area contributed by atoms with E-state index >= 15 is 0 Å². The van der Waals surface area contributed by atoms with E-state index in [1.165, 1.54) is 0 Å². The molecule has 5 heteroatoms. The summed E-state index contributed by atoms with van der Waals surface area (Å²) >= 11 is 0. The Morgan fingerprint density at radius 3 is 2.91 bits per heavy atom. The standard InChI is InChI=1S/C6H11N4P/c7-6-5(10-8)1-4(3-11)2-9-6/h1-2,10H,3,8,11H2,(H2,7,9). The highest BCUT2D eigenvalue weighted by molar-refractivity contribution is 7.15. The number of nitrogens with zero attached hydrogens (tertiary/aromatic N) is 1. The topological polar surface area (TPSA) is 77.0 Å². The van der Waals surface area contributed by atoms with Crippen molar-refractivity contribution >= 4 is 20.7 Å². The fourth-order valence-corrected chi connectivity index (χ4v) is 0.969. The van der Waals surface area contributed by atoms with Gasteiger partial charge in [0.2, 0.25) is 0 Å². The van der Waals surface area contributed by atoms with E-state index < -0.39 is 0 Å². The van der Waals surface area contributed by atoms with Gasteiger partial charge in [0, 0.05) is 6.20 Å². The number of rotatable bonds is 2. The number of nitrogens with one attached hydrogen (secondary N) is 1. The van der Waals surface area contributed by atoms with E-state index in [9.17, 15) is 0 Å². The maximum absolute atomic E-state index is 5.49. The number of pyridine rings is 1. The molecule has 0 bridgehead atoms. The summed E-state index contributed by atoms with van der Waals surface area (Å²) in [5.41, 5.74) is 9.72. The van der Waals surface area contributed by atoms with E-state index in [0.717, 1.165) is 11.7 Å². The first-order chi connectivity index (χ1) is 5.27. The Kier molecular flexibility index (Phi) is 2.63. The molecule has 0 aliphatic heterocycles. The second-order valence-corrected chi connectivity index (χ2v) is 2.53. The summed E-state index contributed by atoms with van der Waals surface area (Å²) in [5, 5.41) is 0. The predicted octanol–water partition coefficient (Wildman–Crippen LogP) is 0.325. The van der Waals surface area contributed by atoms with Crippen LogP contribution in [0, 0.1) is 0 Å². The first-order valence-corrected chi connectivity index (χ1v) is 4.00. The Balaban J connectivity index is 3.02. The van der Waals surface area contributed by atoms with Crippen LogP contribution in [0.2, 0.25) is 0 Å². The summed E-state index contributed by atoms with van der Waals surface area (Å²) in [7, 11) is 2.60. The lowest BCUT2D eigenvalue weighted by molar-refractivity contribution is 1.23. The molecule has 11 heavy (non-hydrogen) atoms. The van der Waals surface area contributed by atoms with E-state index in [0.29, 0.717) is 11.5 Å². The molecule has 1 atom stereocenters. The molecule has 60 valence electrons. The molecule has 0 aliphatic carbocycles. The lowest BCUT2D eigenvalue weighted by Crippen LogP contribution is -2.10. The molecular weight excluding hydrogens is 159 g/mol. The molecule has 0 spiro atoms. The average Bonchev–Trinajstić information content (AvgIpc) is 2.05. The largest absolute Gasteiger partial charge is 0.382 e. The van der Waals surface area contributed by atoms with Crippen LogP contribution in [0.1, 0.15) is 5.56 Å². The molecule has 0 fully saturated rings. The van der Waals surface area contributed by atoms with Crippen LogP contribution in [-0.4, -0.2) is 4.98 Å². The second-order valence-electron chi connectivity index (χ2n) is 2.12. The lowest BCUT2D eigenvalue weighted by Gasteiger charge is -2.04. The van der Waals surface area contributed by atoms with Crippen molar-refractivity contribution in [2.24, 2.45) is 5.84 Å². The van der Waals surface area contributed by atoms with Crippen LogP contribution in [0.4, 0.5) is 11.5 Å². The zero-order chi connectivity index (χ0) is 8.27. The Bertz CT molecular complexity index is 250. The van der Waals surface area contributed by atoms with Crippen molar-refractivity contribution in [3.05, 3.63) is 17.8 Å². The van der Waals surface area contributed by atoms with Crippen molar-refractivity contribution in [1.29, 1.82) is 0 Å². The van der Waals surface area contributed by atoms with E-state index in [4.69, 9.17) is 11.6 Å². The molecular formula is C6H11N4P. The van der Waals surface area contributed by atoms with Crippen molar-refractivity contribution < 1.29 is 0 Å². The predicted molar refractivity (Wildman–Crippen MR) is 49.9 cm³/mol. The Labute approximate surface area is 67.5 Å². The molecule has 1 heterocycles. The molecule has 0 radical (unpaired) electrons. The van der Waals surface area contributed by atoms with Crippen LogP contribution in [0.25, 0.3) is 0 Å². The van der Waals surface area contributed by atoms with E-state index in [1.54, 1.807) is 6.20 Å². The minimum atomic E-state index is 0.426. The van der Waals surface area contributed by atoms with Crippen molar-refractivity contribution in [3.63, 3.8) is 0 Å². The first kappa shape index (κ1) is 8.24. The summed E-state index contributed by atoms with van der Waals surface area (Å²) in [6.45, 7) is 0. The van der Waals surface area contributed by atoms with Crippen LogP contribution in [0.5, 0.6) is 0 Å². The highest BCUT2D eigenvalue weighted by Gasteiger charge is 1.98. The summed E-state index contributed by atoms with van der Waals surface area (Å²) in [5.74, 6) is 5.62. The highest BCUT2D eigenvalue weighted by Crippen LogP contribution is 2.16. The molecule has 0 aromatic carbocycles. The van der Waals surface area contributed by atoms with Gasteiger partial charge in [0.1, 0.15) is 5.82 Å². The number of hydrogen-bond acceptors (Lipinski definition) is 4. The fraction of sp³-hybridized carbons (Fsp3) is 0.167. The molecule has 0 aliphatic rings. The van der Waals surface area contributed by atoms with Crippen molar-refractivity contribution in [1.82, 2.24) is 4.98 Å². The van der Waals surface area contributed by atoms with Gasteiger partial charge in [-0.25, -0.2) is 4.98 Å². The summed E-state index contributed by atoms with van der Waals surface area (Å²) < 4.78 is 0.